The first-order valence-corrected chi connectivity index (χ1v) is 6.63. The first kappa shape index (κ1) is 11.3. The van der Waals surface area contributed by atoms with Crippen LogP contribution in [-0.2, 0) is 4.79 Å². The zero-order valence-corrected chi connectivity index (χ0v) is 10.4. The second kappa shape index (κ2) is 4.84. The smallest absolute Gasteiger partial charge is 0.229 e. The lowest BCUT2D eigenvalue weighted by atomic mass is 9.97. The highest BCUT2D eigenvalue weighted by Gasteiger charge is 2.29. The number of carbonyl (C=O) groups is 1. The SMILES string of the molecule is O=C(NC1CC=CCC1)C1CNc2ccccc21. The third kappa shape index (κ3) is 2.13. The maximum atomic E-state index is 12.3. The van der Waals surface area contributed by atoms with Gasteiger partial charge in [0.25, 0.3) is 0 Å². The van der Waals surface area contributed by atoms with E-state index in [4.69, 9.17) is 0 Å². The summed E-state index contributed by atoms with van der Waals surface area (Å²) >= 11 is 0. The Bertz CT molecular complexity index is 481. The van der Waals surface area contributed by atoms with E-state index in [-0.39, 0.29) is 11.8 Å². The fraction of sp³-hybridized carbons (Fsp3) is 0.400. The molecule has 1 aromatic rings. The minimum absolute atomic E-state index is 0.0351. The van der Waals surface area contributed by atoms with Gasteiger partial charge in [0.1, 0.15) is 0 Å². The lowest BCUT2D eigenvalue weighted by molar-refractivity contribution is -0.122. The zero-order valence-electron chi connectivity index (χ0n) is 10.4. The number of hydrogen-bond donors (Lipinski definition) is 2. The summed E-state index contributed by atoms with van der Waals surface area (Å²) in [5.74, 6) is 0.125. The fourth-order valence-corrected chi connectivity index (χ4v) is 2.74. The normalized spacial score (nSPS) is 25.3. The Morgan fingerprint density at radius 1 is 1.28 bits per heavy atom. The minimum atomic E-state index is -0.0351. The van der Waals surface area contributed by atoms with Gasteiger partial charge in [0.2, 0.25) is 5.91 Å². The average Bonchev–Trinajstić information content (AvgIpc) is 2.84. The molecule has 2 aliphatic rings. The van der Waals surface area contributed by atoms with Gasteiger partial charge < -0.3 is 10.6 Å². The maximum Gasteiger partial charge on any atom is 0.229 e. The van der Waals surface area contributed by atoms with Crippen LogP contribution in [0.2, 0.25) is 0 Å². The molecule has 0 fully saturated rings. The summed E-state index contributed by atoms with van der Waals surface area (Å²) in [6, 6.07) is 8.38. The molecule has 3 heteroatoms. The van der Waals surface area contributed by atoms with Gasteiger partial charge >= 0.3 is 0 Å². The van der Waals surface area contributed by atoms with E-state index < -0.39 is 0 Å². The van der Waals surface area contributed by atoms with Crippen molar-refractivity contribution in [3.8, 4) is 0 Å². The van der Waals surface area contributed by atoms with Crippen LogP contribution in [0.1, 0.15) is 30.7 Å². The Morgan fingerprint density at radius 3 is 3.00 bits per heavy atom. The molecule has 2 atom stereocenters. The Morgan fingerprint density at radius 2 is 2.17 bits per heavy atom. The maximum absolute atomic E-state index is 12.3. The van der Waals surface area contributed by atoms with Crippen molar-refractivity contribution in [3.05, 3.63) is 42.0 Å². The predicted octanol–water partition coefficient (Wildman–Crippen LogP) is 2.42. The van der Waals surface area contributed by atoms with Crippen molar-refractivity contribution >= 4 is 11.6 Å². The van der Waals surface area contributed by atoms with Gasteiger partial charge in [0, 0.05) is 18.3 Å². The van der Waals surface area contributed by atoms with Crippen LogP contribution >= 0.6 is 0 Å². The largest absolute Gasteiger partial charge is 0.384 e. The first-order chi connectivity index (χ1) is 8.84. The molecule has 1 aromatic carbocycles. The van der Waals surface area contributed by atoms with Crippen LogP contribution in [0.4, 0.5) is 5.69 Å². The Hall–Kier alpha value is -1.77. The standard InChI is InChI=1S/C15H18N2O/c18-15(17-11-6-2-1-3-7-11)13-10-16-14-9-5-4-8-12(13)14/h1-2,4-5,8-9,11,13,16H,3,6-7,10H2,(H,17,18). The number of para-hydroxylation sites is 1. The van der Waals surface area contributed by atoms with E-state index in [2.05, 4.69) is 22.8 Å². The molecule has 0 aromatic heterocycles. The molecule has 0 bridgehead atoms. The fourth-order valence-electron chi connectivity index (χ4n) is 2.74. The summed E-state index contributed by atoms with van der Waals surface area (Å²) in [5, 5.41) is 6.47. The summed E-state index contributed by atoms with van der Waals surface area (Å²) in [5.41, 5.74) is 2.22. The van der Waals surface area contributed by atoms with Crippen LogP contribution < -0.4 is 10.6 Å². The van der Waals surface area contributed by atoms with Crippen molar-refractivity contribution in [1.82, 2.24) is 5.32 Å². The summed E-state index contributed by atoms with van der Waals surface area (Å²) < 4.78 is 0. The van der Waals surface area contributed by atoms with E-state index in [0.29, 0.717) is 12.6 Å². The number of carbonyl (C=O) groups excluding carboxylic acids is 1. The van der Waals surface area contributed by atoms with Crippen molar-refractivity contribution in [2.45, 2.75) is 31.2 Å². The third-order valence-corrected chi connectivity index (χ3v) is 3.76. The van der Waals surface area contributed by atoms with Gasteiger partial charge in [-0.15, -0.1) is 0 Å². The molecule has 18 heavy (non-hydrogen) atoms. The van der Waals surface area contributed by atoms with Crippen molar-refractivity contribution < 1.29 is 4.79 Å². The average molecular weight is 242 g/mol. The van der Waals surface area contributed by atoms with Crippen LogP contribution in [0.3, 0.4) is 0 Å². The van der Waals surface area contributed by atoms with Gasteiger partial charge in [-0.3, -0.25) is 4.79 Å². The van der Waals surface area contributed by atoms with Gasteiger partial charge in [0.05, 0.1) is 5.92 Å². The summed E-state index contributed by atoms with van der Waals surface area (Å²) in [6.45, 7) is 0.716. The molecule has 0 saturated carbocycles. The van der Waals surface area contributed by atoms with Crippen LogP contribution in [0.15, 0.2) is 36.4 Å². The molecule has 0 radical (unpaired) electrons. The molecule has 3 rings (SSSR count). The van der Waals surface area contributed by atoms with Crippen LogP contribution in [0.5, 0.6) is 0 Å². The molecule has 3 nitrogen and oxygen atoms in total. The van der Waals surface area contributed by atoms with Gasteiger partial charge in [-0.25, -0.2) is 0 Å². The van der Waals surface area contributed by atoms with E-state index in [1.807, 2.05) is 24.3 Å². The second-order valence-corrected chi connectivity index (χ2v) is 5.01. The van der Waals surface area contributed by atoms with Gasteiger partial charge in [-0.2, -0.15) is 0 Å². The van der Waals surface area contributed by atoms with Crippen molar-refractivity contribution in [2.24, 2.45) is 0 Å². The number of anilines is 1. The summed E-state index contributed by atoms with van der Waals surface area (Å²) in [7, 11) is 0. The Kier molecular flexibility index (Phi) is 3.05. The number of benzene rings is 1. The van der Waals surface area contributed by atoms with E-state index in [1.165, 1.54) is 0 Å². The van der Waals surface area contributed by atoms with E-state index >= 15 is 0 Å². The van der Waals surface area contributed by atoms with Gasteiger partial charge in [-0.1, -0.05) is 30.4 Å². The van der Waals surface area contributed by atoms with Crippen LogP contribution in [-0.4, -0.2) is 18.5 Å². The van der Waals surface area contributed by atoms with Gasteiger partial charge in [-0.05, 0) is 30.9 Å². The number of allylic oxidation sites excluding steroid dienone is 1. The molecular formula is C15H18N2O. The topological polar surface area (TPSA) is 41.1 Å². The molecular weight excluding hydrogens is 224 g/mol. The highest BCUT2D eigenvalue weighted by Crippen LogP contribution is 2.31. The lowest BCUT2D eigenvalue weighted by Gasteiger charge is -2.21. The molecule has 1 amide bonds. The van der Waals surface area contributed by atoms with E-state index in [1.54, 1.807) is 0 Å². The third-order valence-electron chi connectivity index (χ3n) is 3.76. The summed E-state index contributed by atoms with van der Waals surface area (Å²) in [4.78, 5) is 12.3. The highest BCUT2D eigenvalue weighted by molar-refractivity contribution is 5.88. The predicted molar refractivity (Wildman–Crippen MR) is 72.6 cm³/mol. The molecule has 1 aliphatic carbocycles. The molecule has 0 spiro atoms. The zero-order chi connectivity index (χ0) is 12.4. The Labute approximate surface area is 107 Å². The molecule has 2 unspecified atom stereocenters. The molecule has 1 heterocycles. The highest BCUT2D eigenvalue weighted by atomic mass is 16.2. The number of amides is 1. The molecule has 94 valence electrons. The van der Waals surface area contributed by atoms with E-state index in [0.717, 1.165) is 30.5 Å². The van der Waals surface area contributed by atoms with Gasteiger partial charge in [0.15, 0.2) is 0 Å². The number of nitrogens with one attached hydrogen (secondary N) is 2. The number of fused-ring (bicyclic) bond motifs is 1. The first-order valence-electron chi connectivity index (χ1n) is 6.63. The van der Waals surface area contributed by atoms with Crippen LogP contribution in [0, 0.1) is 0 Å². The molecule has 1 aliphatic heterocycles. The number of hydrogen-bond acceptors (Lipinski definition) is 2. The van der Waals surface area contributed by atoms with Crippen LogP contribution in [0.25, 0.3) is 0 Å². The Balaban J connectivity index is 1.69. The molecule has 2 N–H and O–H groups in total. The van der Waals surface area contributed by atoms with E-state index in [9.17, 15) is 4.79 Å². The van der Waals surface area contributed by atoms with Crippen molar-refractivity contribution in [1.29, 1.82) is 0 Å². The van der Waals surface area contributed by atoms with Crippen molar-refractivity contribution in [2.75, 3.05) is 11.9 Å². The quantitative estimate of drug-likeness (QED) is 0.782. The minimum Gasteiger partial charge on any atom is -0.384 e. The monoisotopic (exact) mass is 242 g/mol. The second-order valence-electron chi connectivity index (χ2n) is 5.01. The van der Waals surface area contributed by atoms with Crippen molar-refractivity contribution in [3.63, 3.8) is 0 Å². The summed E-state index contributed by atoms with van der Waals surface area (Å²) in [6.07, 6.45) is 7.45. The lowest BCUT2D eigenvalue weighted by Crippen LogP contribution is -2.39. The molecule has 0 saturated heterocycles. The number of rotatable bonds is 2.